The van der Waals surface area contributed by atoms with Crippen LogP contribution in [0.5, 0.6) is 0 Å². The Kier molecular flexibility index (Phi) is 3.07. The molecule has 0 unspecified atom stereocenters. The highest BCUT2D eigenvalue weighted by molar-refractivity contribution is 9.10. The molecular weight excluding hydrogens is 328 g/mol. The number of hydrogen-bond donors (Lipinski definition) is 2. The molecule has 0 atom stereocenters. The molecular formula is C17H21BrN2O. The van der Waals surface area contributed by atoms with E-state index in [1.807, 2.05) is 24.3 Å². The zero-order chi connectivity index (χ0) is 14.6. The standard InChI is InChI=1S/C17H21BrN2O/c18-14-3-1-2-4-15(14)20-17(16(19)21)12-6-10-5-11(8-12)9-13(17)7-10/h1-4,10-13,20H,5-9H2,(H2,19,21). The van der Waals surface area contributed by atoms with Gasteiger partial charge < -0.3 is 11.1 Å². The molecule has 0 aromatic heterocycles. The van der Waals surface area contributed by atoms with Gasteiger partial charge in [-0.2, -0.15) is 0 Å². The lowest BCUT2D eigenvalue weighted by Crippen LogP contribution is -2.67. The van der Waals surface area contributed by atoms with Crippen LogP contribution in [0.25, 0.3) is 0 Å². The molecule has 0 aliphatic heterocycles. The Morgan fingerprint density at radius 1 is 1.10 bits per heavy atom. The van der Waals surface area contributed by atoms with E-state index in [2.05, 4.69) is 21.2 Å². The van der Waals surface area contributed by atoms with Crippen LogP contribution in [-0.2, 0) is 4.79 Å². The third-order valence-corrected chi connectivity index (χ3v) is 6.74. The van der Waals surface area contributed by atoms with Gasteiger partial charge in [-0.25, -0.2) is 0 Å². The highest BCUT2D eigenvalue weighted by Crippen LogP contribution is 2.59. The van der Waals surface area contributed by atoms with Crippen LogP contribution in [0.4, 0.5) is 5.69 Å². The first-order valence-corrected chi connectivity index (χ1v) is 8.71. The highest BCUT2D eigenvalue weighted by Gasteiger charge is 2.60. The van der Waals surface area contributed by atoms with Crippen molar-refractivity contribution in [1.82, 2.24) is 0 Å². The number of carbonyl (C=O) groups excluding carboxylic acids is 1. The maximum absolute atomic E-state index is 12.5. The van der Waals surface area contributed by atoms with Gasteiger partial charge in [0.2, 0.25) is 5.91 Å². The average Bonchev–Trinajstić information content (AvgIpc) is 2.44. The highest BCUT2D eigenvalue weighted by atomic mass is 79.9. The van der Waals surface area contributed by atoms with E-state index >= 15 is 0 Å². The molecule has 4 bridgehead atoms. The second kappa shape index (κ2) is 4.73. The molecule has 1 aromatic carbocycles. The fraction of sp³-hybridized carbons (Fsp3) is 0.588. The predicted octanol–water partition coefficient (Wildman–Crippen LogP) is 3.54. The van der Waals surface area contributed by atoms with Gasteiger partial charge in [0.05, 0.1) is 0 Å². The van der Waals surface area contributed by atoms with E-state index in [9.17, 15) is 4.79 Å². The molecule has 0 heterocycles. The first kappa shape index (κ1) is 13.6. The number of hydrogen-bond acceptors (Lipinski definition) is 2. The van der Waals surface area contributed by atoms with Gasteiger partial charge in [-0.3, -0.25) is 4.79 Å². The zero-order valence-corrected chi connectivity index (χ0v) is 13.6. The van der Waals surface area contributed by atoms with Gasteiger partial charge in [-0.1, -0.05) is 12.1 Å². The molecule has 4 saturated carbocycles. The molecule has 112 valence electrons. The van der Waals surface area contributed by atoms with Crippen molar-refractivity contribution < 1.29 is 4.79 Å². The lowest BCUT2D eigenvalue weighted by Gasteiger charge is -2.60. The van der Waals surface area contributed by atoms with Crippen molar-refractivity contribution in [3.8, 4) is 0 Å². The van der Waals surface area contributed by atoms with E-state index in [1.165, 1.54) is 6.42 Å². The van der Waals surface area contributed by atoms with E-state index in [0.717, 1.165) is 47.7 Å². The Balaban J connectivity index is 1.74. The van der Waals surface area contributed by atoms with Crippen LogP contribution in [0.1, 0.15) is 32.1 Å². The maximum Gasteiger partial charge on any atom is 0.243 e. The summed E-state index contributed by atoms with van der Waals surface area (Å²) < 4.78 is 0.999. The quantitative estimate of drug-likeness (QED) is 0.877. The molecule has 5 rings (SSSR count). The van der Waals surface area contributed by atoms with Gasteiger partial charge in [0.25, 0.3) is 0 Å². The van der Waals surface area contributed by atoms with Gasteiger partial charge in [0.1, 0.15) is 5.54 Å². The number of halogens is 1. The predicted molar refractivity (Wildman–Crippen MR) is 86.7 cm³/mol. The molecule has 0 saturated heterocycles. The lowest BCUT2D eigenvalue weighted by molar-refractivity contribution is -0.136. The van der Waals surface area contributed by atoms with Crippen LogP contribution < -0.4 is 11.1 Å². The summed E-state index contributed by atoms with van der Waals surface area (Å²) in [7, 11) is 0. The van der Waals surface area contributed by atoms with Crippen molar-refractivity contribution in [2.24, 2.45) is 29.4 Å². The first-order valence-electron chi connectivity index (χ1n) is 7.92. The Hall–Kier alpha value is -1.03. The Morgan fingerprint density at radius 3 is 2.19 bits per heavy atom. The second-order valence-corrected chi connectivity index (χ2v) is 8.00. The molecule has 4 fully saturated rings. The van der Waals surface area contributed by atoms with Crippen molar-refractivity contribution in [3.63, 3.8) is 0 Å². The van der Waals surface area contributed by atoms with Crippen LogP contribution in [0.3, 0.4) is 0 Å². The summed E-state index contributed by atoms with van der Waals surface area (Å²) in [5, 5.41) is 3.58. The molecule has 3 nitrogen and oxygen atoms in total. The van der Waals surface area contributed by atoms with E-state index < -0.39 is 5.54 Å². The first-order chi connectivity index (χ1) is 10.1. The lowest BCUT2D eigenvalue weighted by atomic mass is 9.48. The summed E-state index contributed by atoms with van der Waals surface area (Å²) in [6.07, 6.45) is 6.01. The number of nitrogens with one attached hydrogen (secondary N) is 1. The summed E-state index contributed by atoms with van der Waals surface area (Å²) >= 11 is 3.58. The van der Waals surface area contributed by atoms with Crippen LogP contribution in [0, 0.1) is 23.7 Å². The molecule has 4 heteroatoms. The minimum Gasteiger partial charge on any atom is -0.370 e. The second-order valence-electron chi connectivity index (χ2n) is 7.14. The fourth-order valence-electron chi connectivity index (χ4n) is 5.38. The Labute approximate surface area is 133 Å². The van der Waals surface area contributed by atoms with Gasteiger partial charge >= 0.3 is 0 Å². The number of carbonyl (C=O) groups is 1. The molecule has 3 N–H and O–H groups in total. The monoisotopic (exact) mass is 348 g/mol. The van der Waals surface area contributed by atoms with E-state index in [1.54, 1.807) is 0 Å². The number of benzene rings is 1. The van der Waals surface area contributed by atoms with Crippen LogP contribution in [0.15, 0.2) is 28.7 Å². The molecule has 4 aliphatic carbocycles. The number of amides is 1. The minimum atomic E-state index is -0.544. The summed E-state index contributed by atoms with van der Waals surface area (Å²) in [4.78, 5) is 12.5. The van der Waals surface area contributed by atoms with Crippen molar-refractivity contribution in [1.29, 1.82) is 0 Å². The molecule has 0 radical (unpaired) electrons. The largest absolute Gasteiger partial charge is 0.370 e. The smallest absolute Gasteiger partial charge is 0.243 e. The van der Waals surface area contributed by atoms with Gasteiger partial charge in [-0.05, 0) is 83.8 Å². The summed E-state index contributed by atoms with van der Waals surface area (Å²) in [6, 6.07) is 8.02. The van der Waals surface area contributed by atoms with Gasteiger partial charge in [0.15, 0.2) is 0 Å². The Bertz CT molecular complexity index is 558. The van der Waals surface area contributed by atoms with Crippen LogP contribution >= 0.6 is 15.9 Å². The van der Waals surface area contributed by atoms with Gasteiger partial charge in [0, 0.05) is 10.2 Å². The van der Waals surface area contributed by atoms with E-state index in [4.69, 9.17) is 5.73 Å². The van der Waals surface area contributed by atoms with Gasteiger partial charge in [-0.15, -0.1) is 0 Å². The topological polar surface area (TPSA) is 55.1 Å². The molecule has 4 aliphatic rings. The van der Waals surface area contributed by atoms with Crippen molar-refractivity contribution in [2.75, 3.05) is 5.32 Å². The average molecular weight is 349 g/mol. The normalized spacial score (nSPS) is 40.2. The number of rotatable bonds is 3. The Morgan fingerprint density at radius 2 is 1.67 bits per heavy atom. The fourth-order valence-corrected chi connectivity index (χ4v) is 5.76. The maximum atomic E-state index is 12.5. The van der Waals surface area contributed by atoms with Crippen molar-refractivity contribution in [3.05, 3.63) is 28.7 Å². The summed E-state index contributed by atoms with van der Waals surface area (Å²) in [5.74, 6) is 2.28. The zero-order valence-electron chi connectivity index (χ0n) is 12.0. The molecule has 21 heavy (non-hydrogen) atoms. The number of primary amides is 1. The molecule has 1 amide bonds. The van der Waals surface area contributed by atoms with Crippen molar-refractivity contribution in [2.45, 2.75) is 37.6 Å². The minimum absolute atomic E-state index is 0.160. The third kappa shape index (κ3) is 1.95. The van der Waals surface area contributed by atoms with Crippen LogP contribution in [0.2, 0.25) is 0 Å². The van der Waals surface area contributed by atoms with E-state index in [-0.39, 0.29) is 5.91 Å². The van der Waals surface area contributed by atoms with E-state index in [0.29, 0.717) is 11.8 Å². The summed E-state index contributed by atoms with van der Waals surface area (Å²) in [5.41, 5.74) is 6.38. The molecule has 0 spiro atoms. The number of anilines is 1. The number of para-hydroxylation sites is 1. The number of nitrogens with two attached hydrogens (primary N) is 1. The van der Waals surface area contributed by atoms with Crippen molar-refractivity contribution >= 4 is 27.5 Å². The molecule has 1 aromatic rings. The van der Waals surface area contributed by atoms with Crippen LogP contribution in [-0.4, -0.2) is 11.4 Å². The SMILES string of the molecule is NC(=O)C1(Nc2ccccc2Br)C2CC3CC(C2)CC1C3. The third-order valence-electron chi connectivity index (χ3n) is 6.05. The summed E-state index contributed by atoms with van der Waals surface area (Å²) in [6.45, 7) is 0.